The summed E-state index contributed by atoms with van der Waals surface area (Å²) >= 11 is 0. The van der Waals surface area contributed by atoms with Gasteiger partial charge in [-0.2, -0.15) is 5.10 Å². The fraction of sp³-hybridized carbons (Fsp3) is 0.100. The molecule has 0 bridgehead atoms. The maximum absolute atomic E-state index is 12.1. The van der Waals surface area contributed by atoms with E-state index in [1.165, 1.54) is 6.26 Å². The number of rotatable bonds is 5. The molecule has 0 aliphatic rings. The van der Waals surface area contributed by atoms with Gasteiger partial charge in [-0.05, 0) is 29.8 Å². The average Bonchev–Trinajstić information content (AvgIpc) is 3.06. The van der Waals surface area contributed by atoms with E-state index >= 15 is 0 Å². The molecular formula is C20H16N2O3. The largest absolute Gasteiger partial charge is 0.480 e. The second-order valence-electron chi connectivity index (χ2n) is 5.28. The van der Waals surface area contributed by atoms with Crippen LogP contribution in [0.4, 0.5) is 0 Å². The number of fused-ring (bicyclic) bond motifs is 1. The number of nitrogens with one attached hydrogen (secondary N) is 1. The molecule has 0 aliphatic heterocycles. The Morgan fingerprint density at radius 2 is 2.16 bits per heavy atom. The second-order valence-corrected chi connectivity index (χ2v) is 5.28. The number of terminal acetylenes is 1. The highest BCUT2D eigenvalue weighted by Crippen LogP contribution is 2.26. The van der Waals surface area contributed by atoms with Gasteiger partial charge >= 0.3 is 0 Å². The number of hydrazone groups is 1. The van der Waals surface area contributed by atoms with Gasteiger partial charge in [-0.15, -0.1) is 6.42 Å². The lowest BCUT2D eigenvalue weighted by molar-refractivity contribution is 0.0953. The monoisotopic (exact) mass is 332 g/mol. The van der Waals surface area contributed by atoms with Gasteiger partial charge in [0.15, 0.2) is 0 Å². The maximum Gasteiger partial charge on any atom is 0.274 e. The third-order valence-electron chi connectivity index (χ3n) is 3.70. The molecule has 0 aliphatic carbocycles. The first-order valence-electron chi connectivity index (χ1n) is 7.66. The van der Waals surface area contributed by atoms with Crippen molar-refractivity contribution in [3.8, 4) is 18.1 Å². The Morgan fingerprint density at radius 1 is 1.32 bits per heavy atom. The van der Waals surface area contributed by atoms with Crippen LogP contribution in [-0.4, -0.2) is 18.7 Å². The summed E-state index contributed by atoms with van der Waals surface area (Å²) in [7, 11) is 0. The summed E-state index contributed by atoms with van der Waals surface area (Å²) in [4.78, 5) is 12.1. The van der Waals surface area contributed by atoms with Crippen LogP contribution in [0.3, 0.4) is 0 Å². The topological polar surface area (TPSA) is 63.8 Å². The first-order chi connectivity index (χ1) is 12.2. The second kappa shape index (κ2) is 7.37. The van der Waals surface area contributed by atoms with Crippen LogP contribution in [0, 0.1) is 19.3 Å². The minimum Gasteiger partial charge on any atom is -0.480 e. The first-order valence-corrected chi connectivity index (χ1v) is 7.66. The molecule has 124 valence electrons. The van der Waals surface area contributed by atoms with Gasteiger partial charge in [-0.1, -0.05) is 36.3 Å². The van der Waals surface area contributed by atoms with E-state index < -0.39 is 0 Å². The molecule has 0 fully saturated rings. The molecule has 1 amide bonds. The highest BCUT2D eigenvalue weighted by Gasteiger charge is 2.11. The van der Waals surface area contributed by atoms with E-state index in [4.69, 9.17) is 15.6 Å². The quantitative estimate of drug-likeness (QED) is 0.442. The van der Waals surface area contributed by atoms with Crippen molar-refractivity contribution in [2.24, 2.45) is 5.10 Å². The molecule has 5 nitrogen and oxygen atoms in total. The van der Waals surface area contributed by atoms with Gasteiger partial charge in [0.25, 0.3) is 5.91 Å². The Kier molecular flexibility index (Phi) is 4.82. The molecule has 0 radical (unpaired) electrons. The molecule has 0 saturated heterocycles. The highest BCUT2D eigenvalue weighted by atomic mass is 16.5. The van der Waals surface area contributed by atoms with Gasteiger partial charge in [0, 0.05) is 5.56 Å². The van der Waals surface area contributed by atoms with Crippen molar-refractivity contribution in [1.29, 1.82) is 0 Å². The van der Waals surface area contributed by atoms with Crippen LogP contribution in [0.15, 0.2) is 58.2 Å². The van der Waals surface area contributed by atoms with E-state index in [0.29, 0.717) is 17.1 Å². The van der Waals surface area contributed by atoms with Crippen molar-refractivity contribution >= 4 is 22.9 Å². The lowest BCUT2D eigenvalue weighted by Gasteiger charge is -2.09. The Balaban J connectivity index is 1.89. The van der Waals surface area contributed by atoms with Gasteiger partial charge in [0.05, 0.1) is 18.0 Å². The molecule has 3 aromatic rings. The SMILES string of the molecule is C#CCOc1ccc2ccccc2c1/C=N\NC(=O)c1ccoc1C. The van der Waals surface area contributed by atoms with Crippen LogP contribution in [0.5, 0.6) is 5.75 Å². The average molecular weight is 332 g/mol. The first kappa shape index (κ1) is 16.3. The normalized spacial score (nSPS) is 10.7. The van der Waals surface area contributed by atoms with Gasteiger partial charge < -0.3 is 9.15 Å². The van der Waals surface area contributed by atoms with Crippen molar-refractivity contribution < 1.29 is 13.9 Å². The number of ether oxygens (including phenoxy) is 1. The Bertz CT molecular complexity index is 980. The summed E-state index contributed by atoms with van der Waals surface area (Å²) in [6.07, 6.45) is 8.29. The molecule has 1 heterocycles. The summed E-state index contributed by atoms with van der Waals surface area (Å²) in [5.41, 5.74) is 3.69. The molecule has 3 rings (SSSR count). The fourth-order valence-corrected chi connectivity index (χ4v) is 2.49. The minimum absolute atomic E-state index is 0.153. The van der Waals surface area contributed by atoms with Crippen LogP contribution in [0.1, 0.15) is 21.7 Å². The zero-order valence-corrected chi connectivity index (χ0v) is 13.7. The lowest BCUT2D eigenvalue weighted by atomic mass is 10.0. The zero-order valence-electron chi connectivity index (χ0n) is 13.7. The molecular weight excluding hydrogens is 316 g/mol. The summed E-state index contributed by atoms with van der Waals surface area (Å²) in [6, 6.07) is 13.2. The summed E-state index contributed by atoms with van der Waals surface area (Å²) in [6.45, 7) is 1.87. The van der Waals surface area contributed by atoms with Crippen molar-refractivity contribution in [1.82, 2.24) is 5.43 Å². The van der Waals surface area contributed by atoms with Crippen LogP contribution in [0.2, 0.25) is 0 Å². The standard InChI is InChI=1S/C20H16N2O3/c1-3-11-25-19-9-8-15-6-4-5-7-17(15)18(19)13-21-22-20(23)16-10-12-24-14(16)2/h1,4-10,12-13H,11H2,2H3,(H,22,23)/b21-13-. The summed E-state index contributed by atoms with van der Waals surface area (Å²) in [5.74, 6) is 3.25. The lowest BCUT2D eigenvalue weighted by Crippen LogP contribution is -2.17. The van der Waals surface area contributed by atoms with Crippen LogP contribution < -0.4 is 10.2 Å². The Hall–Kier alpha value is -3.52. The van der Waals surface area contributed by atoms with Gasteiger partial charge in [0.2, 0.25) is 0 Å². The smallest absolute Gasteiger partial charge is 0.274 e. The minimum atomic E-state index is -0.339. The molecule has 0 unspecified atom stereocenters. The van der Waals surface area contributed by atoms with E-state index in [1.54, 1.807) is 19.2 Å². The number of amides is 1. The molecule has 1 aromatic heterocycles. The molecule has 2 aromatic carbocycles. The third kappa shape index (κ3) is 3.54. The van der Waals surface area contributed by atoms with E-state index in [-0.39, 0.29) is 12.5 Å². The van der Waals surface area contributed by atoms with Crippen molar-refractivity contribution in [3.63, 3.8) is 0 Å². The summed E-state index contributed by atoms with van der Waals surface area (Å²) in [5, 5.41) is 6.05. The Morgan fingerprint density at radius 3 is 2.92 bits per heavy atom. The van der Waals surface area contributed by atoms with Crippen molar-refractivity contribution in [3.05, 3.63) is 65.6 Å². The van der Waals surface area contributed by atoms with Crippen molar-refractivity contribution in [2.45, 2.75) is 6.92 Å². The van der Waals surface area contributed by atoms with Gasteiger partial charge in [0.1, 0.15) is 18.1 Å². The summed E-state index contributed by atoms with van der Waals surface area (Å²) < 4.78 is 10.7. The van der Waals surface area contributed by atoms with Crippen molar-refractivity contribution in [2.75, 3.05) is 6.61 Å². The zero-order chi connectivity index (χ0) is 17.6. The van der Waals surface area contributed by atoms with Crippen LogP contribution >= 0.6 is 0 Å². The molecule has 0 spiro atoms. The van der Waals surface area contributed by atoms with E-state index in [9.17, 15) is 4.79 Å². The Labute approximate surface area is 145 Å². The predicted octanol–water partition coefficient (Wildman–Crippen LogP) is 3.52. The van der Waals surface area contributed by atoms with Crippen LogP contribution in [0.25, 0.3) is 10.8 Å². The molecule has 0 saturated carbocycles. The fourth-order valence-electron chi connectivity index (χ4n) is 2.49. The third-order valence-corrected chi connectivity index (χ3v) is 3.70. The molecule has 1 N–H and O–H groups in total. The number of carbonyl (C=O) groups excluding carboxylic acids is 1. The van der Waals surface area contributed by atoms with Gasteiger partial charge in [-0.25, -0.2) is 5.43 Å². The molecule has 0 atom stereocenters. The van der Waals surface area contributed by atoms with Gasteiger partial charge in [-0.3, -0.25) is 4.79 Å². The van der Waals surface area contributed by atoms with Crippen LogP contribution in [-0.2, 0) is 0 Å². The maximum atomic E-state index is 12.1. The molecule has 5 heteroatoms. The van der Waals surface area contributed by atoms with E-state index in [1.807, 2.05) is 36.4 Å². The highest BCUT2D eigenvalue weighted by molar-refractivity contribution is 6.03. The number of benzene rings is 2. The number of carbonyl (C=O) groups is 1. The number of aryl methyl sites for hydroxylation is 1. The predicted molar refractivity (Wildman–Crippen MR) is 96.8 cm³/mol. The number of furan rings is 1. The molecule has 25 heavy (non-hydrogen) atoms. The van der Waals surface area contributed by atoms with E-state index in [0.717, 1.165) is 16.3 Å². The van der Waals surface area contributed by atoms with E-state index in [2.05, 4.69) is 16.4 Å². The number of hydrogen-bond acceptors (Lipinski definition) is 4. The number of nitrogens with zero attached hydrogens (tertiary/aromatic N) is 1. The number of hydrogen-bond donors (Lipinski definition) is 1.